The van der Waals surface area contributed by atoms with E-state index in [0.29, 0.717) is 24.9 Å². The highest BCUT2D eigenvalue weighted by Crippen LogP contribution is 2.29. The number of rotatable bonds is 6. The van der Waals surface area contributed by atoms with E-state index in [-0.39, 0.29) is 11.7 Å². The molecule has 1 aromatic carbocycles. The van der Waals surface area contributed by atoms with Gasteiger partial charge in [0.05, 0.1) is 0 Å². The molecule has 5 rings (SSSR count). The van der Waals surface area contributed by atoms with Crippen molar-refractivity contribution in [2.45, 2.75) is 51.7 Å². The fourth-order valence-corrected chi connectivity index (χ4v) is 4.68. The summed E-state index contributed by atoms with van der Waals surface area (Å²) in [6.45, 7) is 6.40. The highest BCUT2D eigenvalue weighted by atomic mass is 19.1. The summed E-state index contributed by atoms with van der Waals surface area (Å²) in [5.74, 6) is 1.63. The van der Waals surface area contributed by atoms with Crippen LogP contribution in [-0.4, -0.2) is 50.9 Å². The van der Waals surface area contributed by atoms with Crippen molar-refractivity contribution < 1.29 is 9.18 Å². The molecular weight excluding hydrogens is 355 g/mol. The van der Waals surface area contributed by atoms with Gasteiger partial charge in [0.15, 0.2) is 0 Å². The van der Waals surface area contributed by atoms with E-state index in [4.69, 9.17) is 0 Å². The maximum atomic E-state index is 13.2. The molecule has 2 atom stereocenters. The molecule has 0 aliphatic carbocycles. The normalized spacial score (nSPS) is 22.4. The Kier molecular flexibility index (Phi) is 5.76. The van der Waals surface area contributed by atoms with Crippen molar-refractivity contribution in [2.24, 2.45) is 5.92 Å². The molecule has 2 aromatic rings. The minimum atomic E-state index is -0.194. The van der Waals surface area contributed by atoms with Crippen molar-refractivity contribution in [3.63, 3.8) is 0 Å². The zero-order chi connectivity index (χ0) is 19.5. The zero-order valence-corrected chi connectivity index (χ0v) is 16.6. The van der Waals surface area contributed by atoms with Gasteiger partial charge in [0.25, 0.3) is 0 Å². The molecule has 0 spiro atoms. The van der Waals surface area contributed by atoms with Crippen LogP contribution < -0.4 is 0 Å². The lowest BCUT2D eigenvalue weighted by molar-refractivity contribution is -0.135. The van der Waals surface area contributed by atoms with E-state index in [1.807, 2.05) is 24.5 Å². The van der Waals surface area contributed by atoms with Crippen molar-refractivity contribution in [1.82, 2.24) is 19.4 Å². The zero-order valence-electron chi connectivity index (χ0n) is 16.6. The lowest BCUT2D eigenvalue weighted by Crippen LogP contribution is -2.47. The Bertz CT molecular complexity index is 803. The second-order valence-electron chi connectivity index (χ2n) is 8.10. The Morgan fingerprint density at radius 3 is 2.79 bits per heavy atom. The van der Waals surface area contributed by atoms with E-state index in [0.717, 1.165) is 50.4 Å². The molecule has 0 N–H and O–H groups in total. The van der Waals surface area contributed by atoms with Gasteiger partial charge in [-0.25, -0.2) is 9.37 Å². The second kappa shape index (κ2) is 8.43. The van der Waals surface area contributed by atoms with Gasteiger partial charge >= 0.3 is 0 Å². The number of aromatic nitrogens is 2. The Labute approximate surface area is 166 Å². The topological polar surface area (TPSA) is 41.4 Å². The SMILES string of the molecule is CCc1nccn1CCC(=O)N1C[C@H]2CC[C@@H]1CN(Cc1ccc(F)cc1)C2. The van der Waals surface area contributed by atoms with E-state index in [2.05, 4.69) is 26.3 Å². The fraction of sp³-hybridized carbons (Fsp3) is 0.545. The lowest BCUT2D eigenvalue weighted by Gasteiger charge is -2.36. The van der Waals surface area contributed by atoms with Crippen molar-refractivity contribution in [1.29, 1.82) is 0 Å². The van der Waals surface area contributed by atoms with E-state index in [9.17, 15) is 9.18 Å². The molecule has 2 bridgehead atoms. The fourth-order valence-electron chi connectivity index (χ4n) is 4.68. The second-order valence-corrected chi connectivity index (χ2v) is 8.10. The highest BCUT2D eigenvalue weighted by Gasteiger charge is 2.36. The molecule has 3 saturated heterocycles. The summed E-state index contributed by atoms with van der Waals surface area (Å²) in [6, 6.07) is 7.07. The van der Waals surface area contributed by atoms with Gasteiger partial charge in [0.1, 0.15) is 11.6 Å². The molecule has 150 valence electrons. The first-order valence-corrected chi connectivity index (χ1v) is 10.4. The maximum Gasteiger partial charge on any atom is 0.224 e. The number of hydrogen-bond donors (Lipinski definition) is 0. The predicted molar refractivity (Wildman–Crippen MR) is 106 cm³/mol. The van der Waals surface area contributed by atoms with Crippen molar-refractivity contribution in [3.8, 4) is 0 Å². The van der Waals surface area contributed by atoms with Gasteiger partial charge < -0.3 is 9.47 Å². The molecule has 5 nitrogen and oxygen atoms in total. The number of carbonyl (C=O) groups is 1. The van der Waals surface area contributed by atoms with Gasteiger partial charge in [-0.1, -0.05) is 19.1 Å². The molecule has 3 fully saturated rings. The Morgan fingerprint density at radius 1 is 1.18 bits per heavy atom. The van der Waals surface area contributed by atoms with Crippen LogP contribution in [0.25, 0.3) is 0 Å². The molecule has 1 amide bonds. The van der Waals surface area contributed by atoms with Gasteiger partial charge in [-0.15, -0.1) is 0 Å². The standard InChI is InChI=1S/C22H29FN4O/c1-2-21-24-10-12-26(21)11-9-22(28)27-15-18-5-8-20(27)16-25(14-18)13-17-3-6-19(23)7-4-17/h3-4,6-7,10,12,18,20H,2,5,8-9,11,13-16H2,1H3/t18-,20+/m0/s1. The van der Waals surface area contributed by atoms with Crippen LogP contribution in [0.1, 0.15) is 37.6 Å². The molecule has 0 radical (unpaired) electrons. The minimum Gasteiger partial charge on any atom is -0.338 e. The number of aryl methyl sites for hydroxylation is 2. The van der Waals surface area contributed by atoms with E-state index >= 15 is 0 Å². The van der Waals surface area contributed by atoms with Gasteiger partial charge in [0, 0.05) is 64.0 Å². The van der Waals surface area contributed by atoms with Crippen LogP contribution in [0.3, 0.4) is 0 Å². The lowest BCUT2D eigenvalue weighted by atomic mass is 9.94. The third-order valence-electron chi connectivity index (χ3n) is 6.11. The third-order valence-corrected chi connectivity index (χ3v) is 6.11. The number of hydrogen-bond acceptors (Lipinski definition) is 3. The summed E-state index contributed by atoms with van der Waals surface area (Å²) >= 11 is 0. The smallest absolute Gasteiger partial charge is 0.224 e. The third kappa shape index (κ3) is 4.27. The van der Waals surface area contributed by atoms with Crippen LogP contribution in [0.15, 0.2) is 36.7 Å². The molecule has 3 aliphatic heterocycles. The van der Waals surface area contributed by atoms with E-state index in [1.165, 1.54) is 18.6 Å². The molecule has 3 aliphatic rings. The van der Waals surface area contributed by atoms with E-state index in [1.54, 1.807) is 0 Å². The average Bonchev–Trinajstić information content (AvgIpc) is 2.98. The summed E-state index contributed by atoms with van der Waals surface area (Å²) in [5.41, 5.74) is 1.13. The molecule has 28 heavy (non-hydrogen) atoms. The first kappa shape index (κ1) is 19.1. The first-order valence-electron chi connectivity index (χ1n) is 10.4. The maximum absolute atomic E-state index is 13.2. The minimum absolute atomic E-state index is 0.194. The van der Waals surface area contributed by atoms with E-state index < -0.39 is 0 Å². The van der Waals surface area contributed by atoms with Crippen LogP contribution in [0.2, 0.25) is 0 Å². The van der Waals surface area contributed by atoms with Crippen LogP contribution >= 0.6 is 0 Å². The van der Waals surface area contributed by atoms with Crippen LogP contribution in [0.5, 0.6) is 0 Å². The Balaban J connectivity index is 1.37. The summed E-state index contributed by atoms with van der Waals surface area (Å²) in [7, 11) is 0. The molecule has 1 aromatic heterocycles. The summed E-state index contributed by atoms with van der Waals surface area (Å²) in [4.78, 5) is 21.9. The summed E-state index contributed by atoms with van der Waals surface area (Å²) in [5, 5.41) is 0. The summed E-state index contributed by atoms with van der Waals surface area (Å²) in [6.07, 6.45) is 7.46. The number of carbonyl (C=O) groups excluding carboxylic acids is 1. The van der Waals surface area contributed by atoms with Gasteiger partial charge in [-0.3, -0.25) is 9.69 Å². The molecule has 6 heteroatoms. The Morgan fingerprint density at radius 2 is 2.00 bits per heavy atom. The summed E-state index contributed by atoms with van der Waals surface area (Å²) < 4.78 is 15.3. The number of amides is 1. The number of halogens is 1. The number of imidazole rings is 1. The van der Waals surface area contributed by atoms with Crippen molar-refractivity contribution in [3.05, 3.63) is 53.9 Å². The number of piperidine rings is 1. The number of benzene rings is 1. The van der Waals surface area contributed by atoms with Crippen LogP contribution in [0, 0.1) is 11.7 Å². The molecule has 4 heterocycles. The van der Waals surface area contributed by atoms with Crippen molar-refractivity contribution in [2.75, 3.05) is 19.6 Å². The van der Waals surface area contributed by atoms with Gasteiger partial charge in [-0.05, 0) is 36.5 Å². The molecular formula is C22H29FN4O. The monoisotopic (exact) mass is 384 g/mol. The highest BCUT2D eigenvalue weighted by molar-refractivity contribution is 5.76. The molecule has 0 saturated carbocycles. The number of nitrogens with zero attached hydrogens (tertiary/aromatic N) is 4. The van der Waals surface area contributed by atoms with Crippen molar-refractivity contribution >= 4 is 5.91 Å². The Hall–Kier alpha value is -2.21. The van der Waals surface area contributed by atoms with Gasteiger partial charge in [-0.2, -0.15) is 0 Å². The first-order chi connectivity index (χ1) is 13.6. The van der Waals surface area contributed by atoms with Crippen LogP contribution in [0.4, 0.5) is 4.39 Å². The average molecular weight is 384 g/mol. The molecule has 0 unspecified atom stereocenters. The largest absolute Gasteiger partial charge is 0.338 e. The van der Waals surface area contributed by atoms with Gasteiger partial charge in [0.2, 0.25) is 5.91 Å². The quantitative estimate of drug-likeness (QED) is 0.769. The van der Waals surface area contributed by atoms with Crippen LogP contribution in [-0.2, 0) is 24.3 Å². The predicted octanol–water partition coefficient (Wildman–Crippen LogP) is 3.10. The number of fused-ring (bicyclic) bond motifs is 4.